The van der Waals surface area contributed by atoms with Gasteiger partial charge in [-0.2, -0.15) is 4.31 Å². The van der Waals surface area contributed by atoms with E-state index in [1.165, 1.54) is 4.31 Å². The lowest BCUT2D eigenvalue weighted by Gasteiger charge is -2.37. The summed E-state index contributed by atoms with van der Waals surface area (Å²) in [6, 6.07) is 5.00. The number of hydrogen-bond donors (Lipinski definition) is 0. The second-order valence-corrected chi connectivity index (χ2v) is 9.39. The molecule has 0 saturated carbocycles. The van der Waals surface area contributed by atoms with E-state index in [-0.39, 0.29) is 10.8 Å². The number of fused-ring (bicyclic) bond motifs is 1. The number of piperazine rings is 1. The molecule has 1 aromatic carbocycles. The topological polar surface area (TPSA) is 75.5 Å². The summed E-state index contributed by atoms with van der Waals surface area (Å²) < 4.78 is 29.1. The van der Waals surface area contributed by atoms with Crippen LogP contribution in [0, 0.1) is 5.41 Å². The molecule has 1 fully saturated rings. The molecule has 1 aliphatic heterocycles. The Balaban J connectivity index is 1.78. The number of imidazole rings is 1. The minimum absolute atomic E-state index is 0.0550. The molecule has 136 valence electrons. The average Bonchev–Trinajstić information content (AvgIpc) is 2.94. The Labute approximate surface area is 148 Å². The first-order chi connectivity index (χ1) is 11.6. The lowest BCUT2D eigenvalue weighted by molar-refractivity contribution is -0.140. The van der Waals surface area contributed by atoms with Crippen molar-refractivity contribution in [2.45, 2.75) is 25.7 Å². The zero-order valence-electron chi connectivity index (χ0n) is 15.1. The first-order valence-electron chi connectivity index (χ1n) is 8.31. The predicted molar refractivity (Wildman–Crippen MR) is 95.5 cm³/mol. The molecule has 0 N–H and O–H groups in total. The third kappa shape index (κ3) is 3.28. The Hall–Kier alpha value is -1.93. The predicted octanol–water partition coefficient (Wildman–Crippen LogP) is 1.45. The van der Waals surface area contributed by atoms with Crippen LogP contribution in [0.2, 0.25) is 0 Å². The standard InChI is InChI=1S/C17H24N4O3S/c1-17(2,3)16(22)20-7-9-21(10-8-20)25(23,24)13-5-6-15-14(11-13)18-12-19(15)4/h5-6,11-12H,7-10H2,1-4H3. The molecule has 1 aliphatic rings. The van der Waals surface area contributed by atoms with Gasteiger partial charge in [-0.1, -0.05) is 20.8 Å². The highest BCUT2D eigenvalue weighted by molar-refractivity contribution is 7.89. The van der Waals surface area contributed by atoms with Gasteiger partial charge >= 0.3 is 0 Å². The maximum Gasteiger partial charge on any atom is 0.243 e. The van der Waals surface area contributed by atoms with Gasteiger partial charge in [0, 0.05) is 38.6 Å². The van der Waals surface area contributed by atoms with E-state index < -0.39 is 15.4 Å². The number of nitrogens with zero attached hydrogens (tertiary/aromatic N) is 4. The van der Waals surface area contributed by atoms with E-state index in [9.17, 15) is 13.2 Å². The first-order valence-corrected chi connectivity index (χ1v) is 9.75. The normalized spacial score (nSPS) is 17.2. The molecule has 0 atom stereocenters. The van der Waals surface area contributed by atoms with E-state index in [0.717, 1.165) is 5.52 Å². The van der Waals surface area contributed by atoms with Gasteiger partial charge in [0.25, 0.3) is 0 Å². The summed E-state index contributed by atoms with van der Waals surface area (Å²) in [5, 5.41) is 0. The summed E-state index contributed by atoms with van der Waals surface area (Å²) in [5.74, 6) is 0.0550. The van der Waals surface area contributed by atoms with Gasteiger partial charge in [-0.15, -0.1) is 0 Å². The van der Waals surface area contributed by atoms with Crippen LogP contribution in [0.3, 0.4) is 0 Å². The van der Waals surface area contributed by atoms with Crippen LogP contribution in [-0.4, -0.2) is 59.3 Å². The molecule has 0 unspecified atom stereocenters. The van der Waals surface area contributed by atoms with Crippen LogP contribution < -0.4 is 0 Å². The van der Waals surface area contributed by atoms with E-state index >= 15 is 0 Å². The molecule has 1 saturated heterocycles. The lowest BCUT2D eigenvalue weighted by atomic mass is 9.94. The molecule has 0 aliphatic carbocycles. The van der Waals surface area contributed by atoms with Crippen LogP contribution in [0.15, 0.2) is 29.4 Å². The van der Waals surface area contributed by atoms with Gasteiger partial charge in [-0.25, -0.2) is 13.4 Å². The molecule has 2 heterocycles. The fourth-order valence-corrected chi connectivity index (χ4v) is 4.47. The van der Waals surface area contributed by atoms with Gasteiger partial charge < -0.3 is 9.47 Å². The van der Waals surface area contributed by atoms with Crippen molar-refractivity contribution in [3.05, 3.63) is 24.5 Å². The second kappa shape index (κ2) is 6.10. The summed E-state index contributed by atoms with van der Waals surface area (Å²) >= 11 is 0. The summed E-state index contributed by atoms with van der Waals surface area (Å²) in [5.41, 5.74) is 1.09. The Kier molecular flexibility index (Phi) is 4.36. The van der Waals surface area contributed by atoms with Gasteiger partial charge in [0.05, 0.1) is 22.3 Å². The van der Waals surface area contributed by atoms with Crippen LogP contribution in [-0.2, 0) is 21.9 Å². The summed E-state index contributed by atoms with van der Waals surface area (Å²) in [6.45, 7) is 7.08. The lowest BCUT2D eigenvalue weighted by Crippen LogP contribution is -2.52. The zero-order valence-corrected chi connectivity index (χ0v) is 15.9. The first kappa shape index (κ1) is 17.9. The van der Waals surface area contributed by atoms with Crippen LogP contribution >= 0.6 is 0 Å². The molecule has 8 heteroatoms. The third-order valence-electron chi connectivity index (χ3n) is 4.50. The molecule has 1 aromatic heterocycles. The highest BCUT2D eigenvalue weighted by atomic mass is 32.2. The van der Waals surface area contributed by atoms with Crippen molar-refractivity contribution in [2.75, 3.05) is 26.2 Å². The highest BCUT2D eigenvalue weighted by Gasteiger charge is 2.33. The monoisotopic (exact) mass is 364 g/mol. The average molecular weight is 364 g/mol. The number of hydrogen-bond acceptors (Lipinski definition) is 4. The summed E-state index contributed by atoms with van der Waals surface area (Å²) in [6.07, 6.45) is 1.66. The number of aryl methyl sites for hydroxylation is 1. The number of carbonyl (C=O) groups is 1. The molecule has 1 amide bonds. The fraction of sp³-hybridized carbons (Fsp3) is 0.529. The molecule has 0 radical (unpaired) electrons. The Morgan fingerprint density at radius 1 is 1.12 bits per heavy atom. The van der Waals surface area contributed by atoms with E-state index in [4.69, 9.17) is 0 Å². The van der Waals surface area contributed by atoms with Crippen molar-refractivity contribution >= 4 is 27.0 Å². The maximum absolute atomic E-state index is 12.9. The number of sulfonamides is 1. The third-order valence-corrected chi connectivity index (χ3v) is 6.40. The smallest absolute Gasteiger partial charge is 0.243 e. The zero-order chi connectivity index (χ0) is 18.4. The van der Waals surface area contributed by atoms with Gasteiger partial charge in [0.1, 0.15) is 0 Å². The Morgan fingerprint density at radius 2 is 1.76 bits per heavy atom. The molecule has 0 bridgehead atoms. The van der Waals surface area contributed by atoms with Crippen LogP contribution in [0.25, 0.3) is 11.0 Å². The largest absolute Gasteiger partial charge is 0.340 e. The van der Waals surface area contributed by atoms with Crippen molar-refractivity contribution in [3.63, 3.8) is 0 Å². The quantitative estimate of drug-likeness (QED) is 0.808. The maximum atomic E-state index is 12.9. The van der Waals surface area contributed by atoms with Crippen molar-refractivity contribution in [1.29, 1.82) is 0 Å². The molecule has 3 rings (SSSR count). The van der Waals surface area contributed by atoms with Crippen molar-refractivity contribution < 1.29 is 13.2 Å². The van der Waals surface area contributed by atoms with Gasteiger partial charge in [-0.3, -0.25) is 4.79 Å². The second-order valence-electron chi connectivity index (χ2n) is 7.45. The highest BCUT2D eigenvalue weighted by Crippen LogP contribution is 2.23. The van der Waals surface area contributed by atoms with Gasteiger partial charge in [0.15, 0.2) is 0 Å². The molecule has 0 spiro atoms. The van der Waals surface area contributed by atoms with E-state index in [0.29, 0.717) is 31.7 Å². The van der Waals surface area contributed by atoms with Gasteiger partial charge in [0.2, 0.25) is 15.9 Å². The van der Waals surface area contributed by atoms with Crippen LogP contribution in [0.1, 0.15) is 20.8 Å². The molecule has 25 heavy (non-hydrogen) atoms. The van der Waals surface area contributed by atoms with Crippen LogP contribution in [0.5, 0.6) is 0 Å². The van der Waals surface area contributed by atoms with Crippen molar-refractivity contribution in [3.8, 4) is 0 Å². The van der Waals surface area contributed by atoms with E-state index in [1.807, 2.05) is 32.4 Å². The minimum atomic E-state index is -3.58. The number of carbonyl (C=O) groups excluding carboxylic acids is 1. The van der Waals surface area contributed by atoms with E-state index in [2.05, 4.69) is 4.98 Å². The molecule has 7 nitrogen and oxygen atoms in total. The van der Waals surface area contributed by atoms with Crippen LogP contribution in [0.4, 0.5) is 0 Å². The summed E-state index contributed by atoms with van der Waals surface area (Å²) in [4.78, 5) is 18.6. The molecule has 2 aromatic rings. The molecular weight excluding hydrogens is 340 g/mol. The van der Waals surface area contributed by atoms with E-state index in [1.54, 1.807) is 29.4 Å². The SMILES string of the molecule is Cn1cnc2cc(S(=O)(=O)N3CCN(C(=O)C(C)(C)C)CC3)ccc21. The summed E-state index contributed by atoms with van der Waals surface area (Å²) in [7, 11) is -1.71. The number of rotatable bonds is 2. The van der Waals surface area contributed by atoms with Crippen molar-refractivity contribution in [1.82, 2.24) is 18.8 Å². The number of benzene rings is 1. The number of aromatic nitrogens is 2. The fourth-order valence-electron chi connectivity index (χ4n) is 3.03. The minimum Gasteiger partial charge on any atom is -0.340 e. The number of amides is 1. The van der Waals surface area contributed by atoms with Gasteiger partial charge in [-0.05, 0) is 18.2 Å². The molecular formula is C17H24N4O3S. The van der Waals surface area contributed by atoms with Crippen molar-refractivity contribution in [2.24, 2.45) is 12.5 Å². The Morgan fingerprint density at radius 3 is 2.36 bits per heavy atom. The Bertz CT molecular complexity index is 904.